The number of likely N-dealkylation sites (N-methyl/N-ethyl adjacent to an activating group) is 1. The van der Waals surface area contributed by atoms with Gasteiger partial charge in [-0.05, 0) is 19.5 Å². The van der Waals surface area contributed by atoms with E-state index in [9.17, 15) is 14.9 Å². The smallest absolute Gasteiger partial charge is 0.433 e. The summed E-state index contributed by atoms with van der Waals surface area (Å²) in [6.07, 6.45) is 0.453. The molecule has 0 saturated heterocycles. The lowest BCUT2D eigenvalue weighted by molar-refractivity contribution is -0.402. The summed E-state index contributed by atoms with van der Waals surface area (Å²) in [5.74, 6) is -0.883. The molecule has 0 aromatic carbocycles. The van der Waals surface area contributed by atoms with Gasteiger partial charge in [-0.15, -0.1) is 0 Å². The average molecular weight is 242 g/mol. The van der Waals surface area contributed by atoms with Crippen molar-refractivity contribution < 1.29 is 19.2 Å². The maximum absolute atomic E-state index is 10.9. The molecule has 0 aliphatic rings. The predicted molar refractivity (Wildman–Crippen MR) is 58.5 cm³/mol. The monoisotopic (exact) mass is 242 g/mol. The number of furan rings is 1. The van der Waals surface area contributed by atoms with Crippen LogP contribution in [0.3, 0.4) is 0 Å². The van der Waals surface area contributed by atoms with Crippen molar-refractivity contribution in [3.05, 3.63) is 28.0 Å². The van der Waals surface area contributed by atoms with Crippen molar-refractivity contribution in [3.8, 4) is 0 Å². The highest BCUT2D eigenvalue weighted by Gasteiger charge is 2.22. The molecular formula is C10H14N2O5. The van der Waals surface area contributed by atoms with Crippen molar-refractivity contribution in [2.75, 3.05) is 7.05 Å². The minimum absolute atomic E-state index is 0.221. The minimum Gasteiger partial charge on any atom is -0.480 e. The summed E-state index contributed by atoms with van der Waals surface area (Å²) in [6, 6.07) is 2.10. The summed E-state index contributed by atoms with van der Waals surface area (Å²) < 4.78 is 4.96. The first-order chi connectivity index (χ1) is 7.95. The molecule has 1 atom stereocenters. The highest BCUT2D eigenvalue weighted by Crippen LogP contribution is 2.17. The van der Waals surface area contributed by atoms with E-state index in [1.165, 1.54) is 12.1 Å². The zero-order valence-corrected chi connectivity index (χ0v) is 9.62. The second-order valence-electron chi connectivity index (χ2n) is 3.67. The van der Waals surface area contributed by atoms with E-state index in [2.05, 4.69) is 0 Å². The SMILES string of the molecule is CCC(C(=O)O)N(C)Cc1ccc([N+](=O)[O-])o1. The minimum atomic E-state index is -0.920. The zero-order valence-electron chi connectivity index (χ0n) is 9.62. The first kappa shape index (κ1) is 13.2. The molecule has 7 heteroatoms. The van der Waals surface area contributed by atoms with Crippen LogP contribution < -0.4 is 0 Å². The standard InChI is InChI=1S/C10H14N2O5/c1-3-8(10(13)14)11(2)6-7-4-5-9(17-7)12(15)16/h4-5,8H,3,6H2,1-2H3,(H,13,14). The maximum atomic E-state index is 10.9. The first-order valence-electron chi connectivity index (χ1n) is 5.11. The number of nitrogens with zero attached hydrogens (tertiary/aromatic N) is 2. The number of hydrogen-bond acceptors (Lipinski definition) is 5. The topological polar surface area (TPSA) is 96.8 Å². The van der Waals surface area contributed by atoms with E-state index in [0.29, 0.717) is 12.2 Å². The molecule has 0 amide bonds. The Hall–Kier alpha value is -1.89. The second-order valence-corrected chi connectivity index (χ2v) is 3.67. The van der Waals surface area contributed by atoms with Crippen molar-refractivity contribution in [3.63, 3.8) is 0 Å². The van der Waals surface area contributed by atoms with Crippen LogP contribution in [0.4, 0.5) is 5.88 Å². The number of carboxylic acid groups (broad SMARTS) is 1. The molecule has 1 N–H and O–H groups in total. The Labute approximate surface area is 97.8 Å². The molecular weight excluding hydrogens is 228 g/mol. The van der Waals surface area contributed by atoms with E-state index < -0.39 is 16.9 Å². The van der Waals surface area contributed by atoms with Gasteiger partial charge < -0.3 is 9.52 Å². The van der Waals surface area contributed by atoms with Crippen LogP contribution in [0.2, 0.25) is 0 Å². The average Bonchev–Trinajstić information content (AvgIpc) is 2.66. The molecule has 94 valence electrons. The van der Waals surface area contributed by atoms with Crippen molar-refractivity contribution in [1.29, 1.82) is 0 Å². The van der Waals surface area contributed by atoms with Gasteiger partial charge in [0.2, 0.25) is 0 Å². The van der Waals surface area contributed by atoms with E-state index in [-0.39, 0.29) is 12.4 Å². The lowest BCUT2D eigenvalue weighted by Crippen LogP contribution is -2.37. The van der Waals surface area contributed by atoms with Crippen molar-refractivity contribution in [2.45, 2.75) is 25.9 Å². The Morgan fingerprint density at radius 3 is 2.71 bits per heavy atom. The maximum Gasteiger partial charge on any atom is 0.433 e. The van der Waals surface area contributed by atoms with E-state index in [0.717, 1.165) is 0 Å². The van der Waals surface area contributed by atoms with Gasteiger partial charge in [0.15, 0.2) is 0 Å². The van der Waals surface area contributed by atoms with Crippen LogP contribution in [-0.2, 0) is 11.3 Å². The van der Waals surface area contributed by atoms with Crippen molar-refractivity contribution in [2.24, 2.45) is 0 Å². The molecule has 1 aromatic rings. The van der Waals surface area contributed by atoms with Crippen molar-refractivity contribution in [1.82, 2.24) is 4.90 Å². The van der Waals surface area contributed by atoms with Gasteiger partial charge in [-0.2, -0.15) is 0 Å². The van der Waals surface area contributed by atoms with Crippen LogP contribution in [0.5, 0.6) is 0 Å². The van der Waals surface area contributed by atoms with Gasteiger partial charge in [0.05, 0.1) is 12.6 Å². The lowest BCUT2D eigenvalue weighted by atomic mass is 10.2. The molecule has 1 heterocycles. The highest BCUT2D eigenvalue weighted by atomic mass is 16.6. The molecule has 0 radical (unpaired) electrons. The normalized spacial score (nSPS) is 12.6. The number of aliphatic carboxylic acids is 1. The van der Waals surface area contributed by atoms with Gasteiger partial charge >= 0.3 is 11.9 Å². The number of nitro groups is 1. The molecule has 1 unspecified atom stereocenters. The molecule has 0 aliphatic heterocycles. The molecule has 17 heavy (non-hydrogen) atoms. The van der Waals surface area contributed by atoms with Crippen LogP contribution in [0.25, 0.3) is 0 Å². The van der Waals surface area contributed by atoms with Gasteiger partial charge in [-0.1, -0.05) is 6.92 Å². The van der Waals surface area contributed by atoms with Gasteiger partial charge in [0.25, 0.3) is 0 Å². The predicted octanol–water partition coefficient (Wildman–Crippen LogP) is 1.48. The largest absolute Gasteiger partial charge is 0.480 e. The summed E-state index contributed by atoms with van der Waals surface area (Å²) in [5.41, 5.74) is 0. The van der Waals surface area contributed by atoms with Crippen LogP contribution in [-0.4, -0.2) is 34.0 Å². The third-order valence-corrected chi connectivity index (χ3v) is 2.44. The molecule has 0 aliphatic carbocycles. The van der Waals surface area contributed by atoms with Crippen LogP contribution in [0.1, 0.15) is 19.1 Å². The Balaban J connectivity index is 2.69. The summed E-state index contributed by atoms with van der Waals surface area (Å²) in [5, 5.41) is 19.3. The third-order valence-electron chi connectivity index (χ3n) is 2.44. The molecule has 7 nitrogen and oxygen atoms in total. The van der Waals surface area contributed by atoms with Gasteiger partial charge in [-0.3, -0.25) is 19.8 Å². The highest BCUT2D eigenvalue weighted by molar-refractivity contribution is 5.73. The molecule has 0 fully saturated rings. The molecule has 0 bridgehead atoms. The van der Waals surface area contributed by atoms with Gasteiger partial charge in [-0.25, -0.2) is 0 Å². The summed E-state index contributed by atoms with van der Waals surface area (Å²) in [6.45, 7) is 1.98. The zero-order chi connectivity index (χ0) is 13.0. The Kier molecular flexibility index (Phi) is 4.22. The number of hydrogen-bond donors (Lipinski definition) is 1. The Morgan fingerprint density at radius 1 is 1.65 bits per heavy atom. The fourth-order valence-corrected chi connectivity index (χ4v) is 1.58. The van der Waals surface area contributed by atoms with Crippen LogP contribution in [0.15, 0.2) is 16.5 Å². The molecule has 1 aromatic heterocycles. The number of carboxylic acids is 1. The van der Waals surface area contributed by atoms with E-state index in [1.807, 2.05) is 0 Å². The molecule has 1 rings (SSSR count). The first-order valence-corrected chi connectivity index (χ1v) is 5.11. The quantitative estimate of drug-likeness (QED) is 0.599. The van der Waals surface area contributed by atoms with Gasteiger partial charge in [0.1, 0.15) is 16.7 Å². The van der Waals surface area contributed by atoms with Crippen LogP contribution >= 0.6 is 0 Å². The van der Waals surface area contributed by atoms with Crippen LogP contribution in [0, 0.1) is 10.1 Å². The van der Waals surface area contributed by atoms with E-state index >= 15 is 0 Å². The van der Waals surface area contributed by atoms with Crippen molar-refractivity contribution >= 4 is 11.9 Å². The molecule has 0 spiro atoms. The number of carbonyl (C=O) groups is 1. The fourth-order valence-electron chi connectivity index (χ4n) is 1.58. The van der Waals surface area contributed by atoms with Gasteiger partial charge in [0, 0.05) is 0 Å². The fraction of sp³-hybridized carbons (Fsp3) is 0.500. The van der Waals surface area contributed by atoms with E-state index in [4.69, 9.17) is 9.52 Å². The summed E-state index contributed by atoms with van der Waals surface area (Å²) in [4.78, 5) is 22.2. The Bertz CT molecular complexity index is 415. The third kappa shape index (κ3) is 3.28. The Morgan fingerprint density at radius 2 is 2.29 bits per heavy atom. The summed E-state index contributed by atoms with van der Waals surface area (Å²) in [7, 11) is 1.64. The summed E-state index contributed by atoms with van der Waals surface area (Å²) >= 11 is 0. The second kappa shape index (κ2) is 5.44. The van der Waals surface area contributed by atoms with E-state index in [1.54, 1.807) is 18.9 Å². The number of rotatable bonds is 6. The lowest BCUT2D eigenvalue weighted by Gasteiger charge is -2.21. The molecule has 0 saturated carbocycles.